The van der Waals surface area contributed by atoms with Crippen LogP contribution in [-0.4, -0.2) is 12.6 Å². The van der Waals surface area contributed by atoms with E-state index >= 15 is 0 Å². The molecule has 0 atom stereocenters. The Kier molecular flexibility index (Phi) is 3.61. The molecule has 0 aromatic carbocycles. The highest BCUT2D eigenvalue weighted by atomic mass is 16.5. The van der Waals surface area contributed by atoms with Crippen molar-refractivity contribution < 1.29 is 9.53 Å². The summed E-state index contributed by atoms with van der Waals surface area (Å²) >= 11 is 0. The fraction of sp³-hybridized carbons (Fsp3) is 0.353. The second-order valence-electron chi connectivity index (χ2n) is 5.71. The average molecular weight is 256 g/mol. The van der Waals surface area contributed by atoms with E-state index in [-0.39, 0.29) is 11.4 Å². The molecule has 0 aliphatic heterocycles. The first-order chi connectivity index (χ1) is 8.93. The number of fused-ring (bicyclic) bond motifs is 1. The van der Waals surface area contributed by atoms with Crippen LogP contribution < -0.4 is 0 Å². The number of carbonyl (C=O) groups excluding carboxylic acids is 1. The minimum atomic E-state index is -0.250. The molecule has 2 rings (SSSR count). The van der Waals surface area contributed by atoms with Crippen LogP contribution in [0.25, 0.3) is 11.1 Å². The van der Waals surface area contributed by atoms with Crippen LogP contribution in [-0.2, 0) is 10.2 Å². The van der Waals surface area contributed by atoms with E-state index in [1.54, 1.807) is 0 Å². The Labute approximate surface area is 114 Å². The minimum absolute atomic E-state index is 0.00227. The molecule has 0 amide bonds. The lowest BCUT2D eigenvalue weighted by Gasteiger charge is -2.17. The summed E-state index contributed by atoms with van der Waals surface area (Å²) in [7, 11) is 0. The normalized spacial score (nSPS) is 11.6. The summed E-state index contributed by atoms with van der Waals surface area (Å²) in [6.07, 6.45) is 0. The molecule has 0 bridgehead atoms. The molecule has 100 valence electrons. The van der Waals surface area contributed by atoms with E-state index in [1.807, 2.05) is 31.2 Å². The van der Waals surface area contributed by atoms with Gasteiger partial charge in [-0.25, -0.2) is 4.79 Å². The van der Waals surface area contributed by atoms with Crippen LogP contribution in [0.2, 0.25) is 0 Å². The Morgan fingerprint density at radius 2 is 1.89 bits per heavy atom. The quantitative estimate of drug-likeness (QED) is 0.750. The van der Waals surface area contributed by atoms with E-state index < -0.39 is 0 Å². The number of hydrogen-bond acceptors (Lipinski definition) is 2. The van der Waals surface area contributed by atoms with Crippen molar-refractivity contribution in [3.63, 3.8) is 0 Å². The van der Waals surface area contributed by atoms with Gasteiger partial charge in [0, 0.05) is 0 Å². The molecule has 0 aromatic rings. The van der Waals surface area contributed by atoms with Gasteiger partial charge in [-0.05, 0) is 35.1 Å². The van der Waals surface area contributed by atoms with Crippen molar-refractivity contribution in [1.29, 1.82) is 0 Å². The first-order valence-electron chi connectivity index (χ1n) is 6.64. The van der Waals surface area contributed by atoms with Gasteiger partial charge in [0.2, 0.25) is 0 Å². The van der Waals surface area contributed by atoms with E-state index in [1.165, 1.54) is 0 Å². The second kappa shape index (κ2) is 5.04. The number of esters is 1. The first kappa shape index (κ1) is 13.6. The summed E-state index contributed by atoms with van der Waals surface area (Å²) < 4.78 is 5.18. The number of hydrogen-bond donors (Lipinski definition) is 0. The molecule has 0 N–H and O–H groups in total. The van der Waals surface area contributed by atoms with Gasteiger partial charge in [0.25, 0.3) is 0 Å². The van der Waals surface area contributed by atoms with Crippen LogP contribution in [0, 0.1) is 0 Å². The molecule has 2 aliphatic rings. The number of rotatable bonds is 2. The lowest BCUT2D eigenvalue weighted by molar-refractivity contribution is 0.0527. The van der Waals surface area contributed by atoms with E-state index in [2.05, 4.69) is 32.9 Å². The molecular formula is C17H20O2. The van der Waals surface area contributed by atoms with Crippen LogP contribution in [0.5, 0.6) is 0 Å². The van der Waals surface area contributed by atoms with E-state index in [0.29, 0.717) is 12.2 Å². The zero-order chi connectivity index (χ0) is 14.0. The molecule has 2 heteroatoms. The third-order valence-electron chi connectivity index (χ3n) is 3.24. The largest absolute Gasteiger partial charge is 0.462 e. The lowest BCUT2D eigenvalue weighted by Crippen LogP contribution is -2.12. The summed E-state index contributed by atoms with van der Waals surface area (Å²) in [5, 5.41) is 0. The number of carbonyl (C=O) groups is 1. The van der Waals surface area contributed by atoms with Crippen molar-refractivity contribution in [3.8, 4) is 11.1 Å². The van der Waals surface area contributed by atoms with Gasteiger partial charge in [0.15, 0.2) is 0 Å². The van der Waals surface area contributed by atoms with Gasteiger partial charge in [-0.3, -0.25) is 0 Å². The van der Waals surface area contributed by atoms with Crippen molar-refractivity contribution >= 4 is 5.97 Å². The number of ether oxygens (including phenoxy) is 1. The molecule has 0 saturated carbocycles. The molecule has 19 heavy (non-hydrogen) atoms. The van der Waals surface area contributed by atoms with Crippen molar-refractivity contribution in [2.45, 2.75) is 33.1 Å². The molecular weight excluding hydrogens is 236 g/mol. The monoisotopic (exact) mass is 256 g/mol. The summed E-state index contributed by atoms with van der Waals surface area (Å²) in [6, 6.07) is 12.1. The predicted octanol–water partition coefficient (Wildman–Crippen LogP) is 4.27. The molecule has 0 fully saturated rings. The maximum atomic E-state index is 12.2. The molecule has 0 radical (unpaired) electrons. The summed E-state index contributed by atoms with van der Waals surface area (Å²) in [4.78, 5) is 12.2. The van der Waals surface area contributed by atoms with Crippen LogP contribution in [0.3, 0.4) is 0 Å². The van der Waals surface area contributed by atoms with Crippen LogP contribution in [0.15, 0.2) is 36.4 Å². The van der Waals surface area contributed by atoms with Gasteiger partial charge < -0.3 is 4.74 Å². The van der Waals surface area contributed by atoms with Gasteiger partial charge in [0.05, 0.1) is 12.2 Å². The Morgan fingerprint density at radius 1 is 1.16 bits per heavy atom. The average Bonchev–Trinajstić information content (AvgIpc) is 2.68. The van der Waals surface area contributed by atoms with Gasteiger partial charge in [-0.15, -0.1) is 0 Å². The SMILES string of the molecule is CCOC(=O)c1cc(C(C)(C)C)ccc2cccc1-2. The third-order valence-corrected chi connectivity index (χ3v) is 3.24. The standard InChI is InChI=1S/C17H20O2/c1-5-19-16(18)15-11-13(17(2,3)4)10-9-12-7-6-8-14(12)15/h6-11H,5H2,1-4H3. The Morgan fingerprint density at radius 3 is 2.53 bits per heavy atom. The van der Waals surface area contributed by atoms with Crippen LogP contribution in [0.1, 0.15) is 43.6 Å². The third kappa shape index (κ3) is 2.78. The van der Waals surface area contributed by atoms with Crippen molar-refractivity contribution in [3.05, 3.63) is 47.5 Å². The highest BCUT2D eigenvalue weighted by molar-refractivity contribution is 5.98. The first-order valence-corrected chi connectivity index (χ1v) is 6.64. The molecule has 0 saturated heterocycles. The Hall–Kier alpha value is -1.83. The lowest BCUT2D eigenvalue weighted by atomic mass is 9.87. The molecule has 0 aromatic heterocycles. The predicted molar refractivity (Wildman–Crippen MR) is 77.7 cm³/mol. The fourth-order valence-electron chi connectivity index (χ4n) is 2.13. The van der Waals surface area contributed by atoms with Gasteiger partial charge in [-0.1, -0.05) is 51.1 Å². The van der Waals surface area contributed by atoms with Crippen LogP contribution >= 0.6 is 0 Å². The van der Waals surface area contributed by atoms with Crippen molar-refractivity contribution in [1.82, 2.24) is 0 Å². The van der Waals surface area contributed by atoms with Crippen LogP contribution in [0.4, 0.5) is 0 Å². The highest BCUT2D eigenvalue weighted by Gasteiger charge is 2.19. The van der Waals surface area contributed by atoms with Crippen molar-refractivity contribution in [2.24, 2.45) is 0 Å². The molecule has 0 spiro atoms. The zero-order valence-electron chi connectivity index (χ0n) is 12.0. The zero-order valence-corrected chi connectivity index (χ0v) is 12.0. The fourth-order valence-corrected chi connectivity index (χ4v) is 2.13. The smallest absolute Gasteiger partial charge is 0.338 e. The molecule has 2 nitrogen and oxygen atoms in total. The van der Waals surface area contributed by atoms with Gasteiger partial charge in [-0.2, -0.15) is 0 Å². The van der Waals surface area contributed by atoms with E-state index in [0.717, 1.165) is 16.7 Å². The second-order valence-corrected chi connectivity index (χ2v) is 5.71. The van der Waals surface area contributed by atoms with Crippen molar-refractivity contribution in [2.75, 3.05) is 6.61 Å². The maximum absolute atomic E-state index is 12.2. The summed E-state index contributed by atoms with van der Waals surface area (Å²) in [5.74, 6) is -0.250. The molecule has 0 unspecified atom stereocenters. The maximum Gasteiger partial charge on any atom is 0.338 e. The summed E-state index contributed by atoms with van der Waals surface area (Å²) in [6.45, 7) is 8.64. The van der Waals surface area contributed by atoms with Gasteiger partial charge >= 0.3 is 5.97 Å². The Balaban J connectivity index is 2.64. The minimum Gasteiger partial charge on any atom is -0.462 e. The molecule has 0 heterocycles. The molecule has 2 aliphatic carbocycles. The summed E-state index contributed by atoms with van der Waals surface area (Å²) in [5.41, 5.74) is 3.80. The topological polar surface area (TPSA) is 26.3 Å². The van der Waals surface area contributed by atoms with E-state index in [9.17, 15) is 4.79 Å². The highest BCUT2D eigenvalue weighted by Crippen LogP contribution is 2.31. The van der Waals surface area contributed by atoms with Gasteiger partial charge in [0.1, 0.15) is 0 Å². The van der Waals surface area contributed by atoms with E-state index in [4.69, 9.17) is 4.74 Å². The Bertz CT molecular complexity index is 564.